The number of phenolic OH excluding ortho intramolecular Hbond substituents is 1. The minimum absolute atomic E-state index is 0.0760. The number of halogens is 1. The predicted molar refractivity (Wildman–Crippen MR) is 123 cm³/mol. The van der Waals surface area contributed by atoms with Crippen molar-refractivity contribution in [1.82, 2.24) is 20.1 Å². The Morgan fingerprint density at radius 1 is 1.19 bits per heavy atom. The second-order valence-corrected chi connectivity index (χ2v) is 8.64. The Morgan fingerprint density at radius 3 is 2.72 bits per heavy atom. The summed E-state index contributed by atoms with van der Waals surface area (Å²) in [6.07, 6.45) is 9.80. The topological polar surface area (TPSA) is 66.2 Å². The monoisotopic (exact) mass is 427 g/mol. The SMILES string of the molecule is C#Cc1c(F)ccc2cc(O)cc(-c3cc4c(cn3)c(N3C5CCC3CNC5)nn4C)c12. The van der Waals surface area contributed by atoms with Gasteiger partial charge in [0.05, 0.1) is 22.2 Å². The van der Waals surface area contributed by atoms with E-state index in [-0.39, 0.29) is 11.3 Å². The first-order valence-electron chi connectivity index (χ1n) is 10.8. The number of fused-ring (bicyclic) bond motifs is 4. The minimum Gasteiger partial charge on any atom is -0.508 e. The molecule has 7 heteroatoms. The van der Waals surface area contributed by atoms with Crippen LogP contribution in [0.15, 0.2) is 36.5 Å². The Labute approximate surface area is 184 Å². The lowest BCUT2D eigenvalue weighted by Crippen LogP contribution is -2.52. The molecule has 4 heterocycles. The van der Waals surface area contributed by atoms with E-state index in [0.717, 1.165) is 42.7 Å². The lowest BCUT2D eigenvalue weighted by Gasteiger charge is -2.35. The summed E-state index contributed by atoms with van der Waals surface area (Å²) in [7, 11) is 1.92. The number of aryl methyl sites for hydroxylation is 1. The maximum absolute atomic E-state index is 14.5. The summed E-state index contributed by atoms with van der Waals surface area (Å²) >= 11 is 0. The van der Waals surface area contributed by atoms with Gasteiger partial charge < -0.3 is 15.3 Å². The van der Waals surface area contributed by atoms with Gasteiger partial charge in [-0.15, -0.1) is 6.42 Å². The van der Waals surface area contributed by atoms with Crippen molar-refractivity contribution in [2.75, 3.05) is 18.0 Å². The highest BCUT2D eigenvalue weighted by Gasteiger charge is 2.38. The number of aromatic nitrogens is 3. The third kappa shape index (κ3) is 2.69. The van der Waals surface area contributed by atoms with Crippen LogP contribution in [0, 0.1) is 18.2 Å². The van der Waals surface area contributed by atoms with Crippen LogP contribution in [0.1, 0.15) is 18.4 Å². The van der Waals surface area contributed by atoms with Crippen molar-refractivity contribution in [1.29, 1.82) is 0 Å². The molecule has 2 saturated heterocycles. The lowest BCUT2D eigenvalue weighted by molar-refractivity contribution is 0.476. The number of anilines is 1. The standard InChI is InChI=1S/C25H22FN5O/c1-3-18-21(26)7-4-14-8-17(32)9-19(24(14)18)22-10-23-20(13-28-22)25(29-30(23)2)31-15-5-6-16(31)12-27-11-15/h1,4,7-10,13,15-16,27,32H,5-6,11-12H2,2H3. The van der Waals surface area contributed by atoms with Crippen LogP contribution in [0.25, 0.3) is 32.9 Å². The maximum Gasteiger partial charge on any atom is 0.160 e. The molecule has 2 aromatic heterocycles. The number of benzene rings is 2. The van der Waals surface area contributed by atoms with Gasteiger partial charge in [0.25, 0.3) is 0 Å². The number of phenols is 1. The number of nitrogens with one attached hydrogen (secondary N) is 1. The summed E-state index contributed by atoms with van der Waals surface area (Å²) in [6, 6.07) is 8.95. The highest BCUT2D eigenvalue weighted by Crippen LogP contribution is 2.39. The normalized spacial score (nSPS) is 20.2. The minimum atomic E-state index is -0.468. The Balaban J connectivity index is 1.55. The summed E-state index contributed by atoms with van der Waals surface area (Å²) in [5.41, 5.74) is 2.30. The summed E-state index contributed by atoms with van der Waals surface area (Å²) in [6.45, 7) is 1.94. The molecule has 0 amide bonds. The van der Waals surface area contributed by atoms with Gasteiger partial charge in [-0.25, -0.2) is 4.39 Å². The van der Waals surface area contributed by atoms with Gasteiger partial charge in [0.2, 0.25) is 0 Å². The highest BCUT2D eigenvalue weighted by molar-refractivity contribution is 6.02. The van der Waals surface area contributed by atoms with Crippen molar-refractivity contribution < 1.29 is 9.50 Å². The molecule has 2 fully saturated rings. The Morgan fingerprint density at radius 2 is 1.97 bits per heavy atom. The molecule has 160 valence electrons. The van der Waals surface area contributed by atoms with E-state index < -0.39 is 5.82 Å². The van der Waals surface area contributed by atoms with Gasteiger partial charge in [0.1, 0.15) is 11.6 Å². The van der Waals surface area contributed by atoms with Gasteiger partial charge in [-0.1, -0.05) is 12.0 Å². The van der Waals surface area contributed by atoms with Crippen LogP contribution in [0.2, 0.25) is 0 Å². The summed E-state index contributed by atoms with van der Waals surface area (Å²) < 4.78 is 16.3. The average Bonchev–Trinajstić information content (AvgIpc) is 3.24. The molecule has 2 aromatic carbocycles. The molecule has 0 saturated carbocycles. The Kier molecular flexibility index (Phi) is 4.14. The zero-order valence-corrected chi connectivity index (χ0v) is 17.6. The molecule has 4 aromatic rings. The largest absolute Gasteiger partial charge is 0.508 e. The maximum atomic E-state index is 14.5. The van der Waals surface area contributed by atoms with Gasteiger partial charge in [0, 0.05) is 49.4 Å². The number of piperazine rings is 1. The molecule has 0 spiro atoms. The van der Waals surface area contributed by atoms with Crippen LogP contribution in [0.3, 0.4) is 0 Å². The van der Waals surface area contributed by atoms with Gasteiger partial charge in [-0.2, -0.15) is 5.10 Å². The molecule has 6 nitrogen and oxygen atoms in total. The van der Waals surface area contributed by atoms with Gasteiger partial charge in [-0.05, 0) is 42.5 Å². The highest BCUT2D eigenvalue weighted by atomic mass is 19.1. The van der Waals surface area contributed by atoms with Crippen molar-refractivity contribution in [2.45, 2.75) is 24.9 Å². The van der Waals surface area contributed by atoms with E-state index in [1.807, 2.05) is 24.0 Å². The van der Waals surface area contributed by atoms with Crippen molar-refractivity contribution in [2.24, 2.45) is 7.05 Å². The number of terminal acetylenes is 1. The Hall–Kier alpha value is -3.63. The van der Waals surface area contributed by atoms with Crippen molar-refractivity contribution in [3.05, 3.63) is 47.9 Å². The molecule has 6 rings (SSSR count). The average molecular weight is 427 g/mol. The van der Waals surface area contributed by atoms with E-state index in [0.29, 0.717) is 34.1 Å². The molecule has 2 bridgehead atoms. The van der Waals surface area contributed by atoms with Crippen LogP contribution in [0.4, 0.5) is 10.2 Å². The molecule has 2 N–H and O–H groups in total. The number of pyridine rings is 1. The Bertz CT molecular complexity index is 1420. The number of hydrogen-bond acceptors (Lipinski definition) is 5. The third-order valence-electron chi connectivity index (χ3n) is 6.81. The molecule has 2 aliphatic rings. The fourth-order valence-electron chi connectivity index (χ4n) is 5.36. The first kappa shape index (κ1) is 19.1. The van der Waals surface area contributed by atoms with E-state index in [1.165, 1.54) is 6.07 Å². The van der Waals surface area contributed by atoms with Crippen LogP contribution in [0.5, 0.6) is 5.75 Å². The van der Waals surface area contributed by atoms with E-state index >= 15 is 0 Å². The summed E-state index contributed by atoms with van der Waals surface area (Å²) in [4.78, 5) is 7.16. The van der Waals surface area contributed by atoms with E-state index in [1.54, 1.807) is 18.2 Å². The zero-order valence-electron chi connectivity index (χ0n) is 17.6. The number of hydrogen-bond donors (Lipinski definition) is 2. The number of nitrogens with zero attached hydrogens (tertiary/aromatic N) is 4. The van der Waals surface area contributed by atoms with Gasteiger partial charge in [-0.3, -0.25) is 9.67 Å². The van der Waals surface area contributed by atoms with Crippen LogP contribution < -0.4 is 10.2 Å². The zero-order chi connectivity index (χ0) is 22.0. The van der Waals surface area contributed by atoms with Crippen molar-refractivity contribution >= 4 is 27.5 Å². The molecule has 32 heavy (non-hydrogen) atoms. The van der Waals surface area contributed by atoms with Gasteiger partial charge >= 0.3 is 0 Å². The summed E-state index contributed by atoms with van der Waals surface area (Å²) in [5, 5.41) is 20.9. The van der Waals surface area contributed by atoms with E-state index in [9.17, 15) is 9.50 Å². The second-order valence-electron chi connectivity index (χ2n) is 8.64. The smallest absolute Gasteiger partial charge is 0.160 e. The first-order valence-corrected chi connectivity index (χ1v) is 10.8. The number of rotatable bonds is 2. The van der Waals surface area contributed by atoms with Gasteiger partial charge in [0.15, 0.2) is 5.82 Å². The predicted octanol–water partition coefficient (Wildman–Crippen LogP) is 3.56. The molecule has 2 aliphatic heterocycles. The van der Waals surface area contributed by atoms with E-state index in [2.05, 4.69) is 16.1 Å². The molecular formula is C25H22FN5O. The third-order valence-corrected chi connectivity index (χ3v) is 6.81. The van der Waals surface area contributed by atoms with Crippen molar-refractivity contribution in [3.63, 3.8) is 0 Å². The van der Waals surface area contributed by atoms with Crippen LogP contribution >= 0.6 is 0 Å². The van der Waals surface area contributed by atoms with Crippen LogP contribution in [-0.2, 0) is 7.05 Å². The number of aromatic hydroxyl groups is 1. The second kappa shape index (κ2) is 6.94. The summed E-state index contributed by atoms with van der Waals surface area (Å²) in [5.74, 6) is 3.04. The molecule has 2 unspecified atom stereocenters. The molecular weight excluding hydrogens is 405 g/mol. The molecule has 0 radical (unpaired) electrons. The molecule has 0 aliphatic carbocycles. The quantitative estimate of drug-likeness (QED) is 0.479. The van der Waals surface area contributed by atoms with Crippen molar-refractivity contribution in [3.8, 4) is 29.4 Å². The van der Waals surface area contributed by atoms with Crippen LogP contribution in [-0.4, -0.2) is 45.0 Å². The lowest BCUT2D eigenvalue weighted by atomic mass is 9.96. The fraction of sp³-hybridized carbons (Fsp3) is 0.280. The fourth-order valence-corrected chi connectivity index (χ4v) is 5.36. The molecule has 2 atom stereocenters. The first-order chi connectivity index (χ1) is 15.5. The van der Waals surface area contributed by atoms with E-state index in [4.69, 9.17) is 16.5 Å².